The van der Waals surface area contributed by atoms with E-state index in [1.165, 1.54) is 24.3 Å². The monoisotopic (exact) mass is 434 g/mol. The molecule has 162 valence electrons. The number of hydrogen-bond acceptors (Lipinski definition) is 4. The molecule has 1 fully saturated rings. The third kappa shape index (κ3) is 4.31. The van der Waals surface area contributed by atoms with Crippen molar-refractivity contribution in [3.63, 3.8) is 0 Å². The number of aryl methyl sites for hydroxylation is 1. The van der Waals surface area contributed by atoms with Crippen LogP contribution in [0.1, 0.15) is 46.0 Å². The highest BCUT2D eigenvalue weighted by molar-refractivity contribution is 5.94. The SMILES string of the molecule is Cc1ccc2c(c1O)C[C@@H](C1CCN(C(=O)c3ccc(F)cc3)CC1)O[C@H]2CN.Cl. The number of carbonyl (C=O) groups is 1. The van der Waals surface area contributed by atoms with Crippen molar-refractivity contribution in [1.29, 1.82) is 0 Å². The summed E-state index contributed by atoms with van der Waals surface area (Å²) in [7, 11) is 0. The fourth-order valence-corrected chi connectivity index (χ4v) is 4.53. The van der Waals surface area contributed by atoms with Crippen molar-refractivity contribution in [2.45, 2.75) is 38.4 Å². The maximum Gasteiger partial charge on any atom is 0.253 e. The number of carbonyl (C=O) groups excluding carboxylic acids is 1. The fourth-order valence-electron chi connectivity index (χ4n) is 4.53. The smallest absolute Gasteiger partial charge is 0.253 e. The molecule has 2 aliphatic heterocycles. The quantitative estimate of drug-likeness (QED) is 0.771. The summed E-state index contributed by atoms with van der Waals surface area (Å²) in [5.74, 6) is 0.238. The van der Waals surface area contributed by atoms with E-state index in [2.05, 4.69) is 0 Å². The Bertz CT molecular complexity index is 898. The molecule has 7 heteroatoms. The summed E-state index contributed by atoms with van der Waals surface area (Å²) in [6.07, 6.45) is 2.09. The van der Waals surface area contributed by atoms with Gasteiger partial charge in [-0.15, -0.1) is 12.4 Å². The molecule has 5 nitrogen and oxygen atoms in total. The van der Waals surface area contributed by atoms with E-state index in [4.69, 9.17) is 10.5 Å². The first-order chi connectivity index (χ1) is 14.0. The number of amides is 1. The normalized spacial score (nSPS) is 21.6. The van der Waals surface area contributed by atoms with Crippen molar-refractivity contribution in [3.05, 3.63) is 64.5 Å². The highest BCUT2D eigenvalue weighted by atomic mass is 35.5. The second-order valence-corrected chi connectivity index (χ2v) is 8.04. The lowest BCUT2D eigenvalue weighted by atomic mass is 9.83. The number of phenolic OH excluding ortho intramolecular Hbond substituents is 1. The fraction of sp³-hybridized carbons (Fsp3) is 0.435. The van der Waals surface area contributed by atoms with Crippen molar-refractivity contribution >= 4 is 18.3 Å². The molecule has 30 heavy (non-hydrogen) atoms. The average Bonchev–Trinajstić information content (AvgIpc) is 2.76. The summed E-state index contributed by atoms with van der Waals surface area (Å²) in [6.45, 7) is 3.55. The molecule has 2 aromatic rings. The van der Waals surface area contributed by atoms with Gasteiger partial charge in [-0.3, -0.25) is 4.79 Å². The Morgan fingerprint density at radius 3 is 2.50 bits per heavy atom. The van der Waals surface area contributed by atoms with Gasteiger partial charge in [0.1, 0.15) is 11.6 Å². The number of nitrogens with zero attached hydrogens (tertiary/aromatic N) is 1. The number of aromatic hydroxyl groups is 1. The molecule has 0 radical (unpaired) electrons. The van der Waals surface area contributed by atoms with Crippen LogP contribution in [-0.2, 0) is 11.2 Å². The zero-order valence-corrected chi connectivity index (χ0v) is 17.8. The molecule has 3 N–H and O–H groups in total. The number of fused-ring (bicyclic) bond motifs is 1. The standard InChI is InChI=1S/C23H27FN2O3.ClH/c1-14-2-7-18-19(22(14)27)12-20(29-21(18)13-25)15-8-10-26(11-9-15)23(28)16-3-5-17(24)6-4-16;/h2-7,15,20-21,27H,8-13,25H2,1H3;1H/t20-,21-;/m0./s1. The highest BCUT2D eigenvalue weighted by Gasteiger charge is 2.36. The van der Waals surface area contributed by atoms with Crippen LogP contribution in [0.4, 0.5) is 4.39 Å². The van der Waals surface area contributed by atoms with Gasteiger partial charge >= 0.3 is 0 Å². The zero-order chi connectivity index (χ0) is 20.5. The molecule has 0 unspecified atom stereocenters. The summed E-state index contributed by atoms with van der Waals surface area (Å²) in [6, 6.07) is 9.59. The van der Waals surface area contributed by atoms with Gasteiger partial charge in [-0.2, -0.15) is 0 Å². The van der Waals surface area contributed by atoms with E-state index in [0.29, 0.717) is 43.3 Å². The first kappa shape index (κ1) is 22.5. The van der Waals surface area contributed by atoms with Crippen molar-refractivity contribution in [2.24, 2.45) is 11.7 Å². The molecule has 0 aliphatic carbocycles. The number of nitrogens with two attached hydrogens (primary N) is 1. The van der Waals surface area contributed by atoms with Crippen LogP contribution in [0.2, 0.25) is 0 Å². The lowest BCUT2D eigenvalue weighted by molar-refractivity contribution is -0.0632. The van der Waals surface area contributed by atoms with Crippen LogP contribution >= 0.6 is 12.4 Å². The third-order valence-corrected chi connectivity index (χ3v) is 6.27. The Balaban J connectivity index is 0.00000256. The predicted molar refractivity (Wildman–Crippen MR) is 115 cm³/mol. The van der Waals surface area contributed by atoms with Gasteiger partial charge in [-0.25, -0.2) is 4.39 Å². The van der Waals surface area contributed by atoms with E-state index in [1.54, 1.807) is 0 Å². The lowest BCUT2D eigenvalue weighted by Crippen LogP contribution is -2.44. The summed E-state index contributed by atoms with van der Waals surface area (Å²) in [5.41, 5.74) is 9.25. The molecular weight excluding hydrogens is 407 g/mol. The zero-order valence-electron chi connectivity index (χ0n) is 17.0. The van der Waals surface area contributed by atoms with Gasteiger partial charge in [-0.1, -0.05) is 12.1 Å². The molecule has 4 rings (SSSR count). The van der Waals surface area contributed by atoms with E-state index >= 15 is 0 Å². The Morgan fingerprint density at radius 1 is 1.20 bits per heavy atom. The summed E-state index contributed by atoms with van der Waals surface area (Å²) in [5, 5.41) is 10.6. The number of hydrogen-bond donors (Lipinski definition) is 2. The van der Waals surface area contributed by atoms with Crippen LogP contribution in [0, 0.1) is 18.7 Å². The Morgan fingerprint density at radius 2 is 1.87 bits per heavy atom. The van der Waals surface area contributed by atoms with E-state index in [9.17, 15) is 14.3 Å². The van der Waals surface area contributed by atoms with Crippen molar-refractivity contribution in [1.82, 2.24) is 4.90 Å². The minimum atomic E-state index is -0.345. The number of piperidine rings is 1. The van der Waals surface area contributed by atoms with E-state index in [0.717, 1.165) is 29.5 Å². The number of benzene rings is 2. The van der Waals surface area contributed by atoms with Gasteiger partial charge in [0.05, 0.1) is 12.2 Å². The van der Waals surface area contributed by atoms with Gasteiger partial charge in [0.2, 0.25) is 0 Å². The van der Waals surface area contributed by atoms with Crippen molar-refractivity contribution in [3.8, 4) is 5.75 Å². The van der Waals surface area contributed by atoms with E-state index < -0.39 is 0 Å². The minimum Gasteiger partial charge on any atom is -0.507 e. The Labute approximate surface area is 182 Å². The van der Waals surface area contributed by atoms with Gasteiger partial charge in [0.15, 0.2) is 0 Å². The predicted octanol–water partition coefficient (Wildman–Crippen LogP) is 3.76. The molecule has 0 spiro atoms. The van der Waals surface area contributed by atoms with Crippen LogP contribution in [-0.4, -0.2) is 41.7 Å². The summed E-state index contributed by atoms with van der Waals surface area (Å²) >= 11 is 0. The van der Waals surface area contributed by atoms with E-state index in [-0.39, 0.29) is 36.3 Å². The minimum absolute atomic E-state index is 0. The van der Waals surface area contributed by atoms with Crippen LogP contribution in [0.3, 0.4) is 0 Å². The Hall–Kier alpha value is -2.15. The molecule has 1 amide bonds. The number of ether oxygens (including phenoxy) is 1. The topological polar surface area (TPSA) is 75.8 Å². The first-order valence-electron chi connectivity index (χ1n) is 10.2. The second-order valence-electron chi connectivity index (χ2n) is 8.04. The van der Waals surface area contributed by atoms with E-state index in [1.807, 2.05) is 24.0 Å². The van der Waals surface area contributed by atoms with Crippen LogP contribution in [0.25, 0.3) is 0 Å². The molecular formula is C23H28ClFN2O3. The molecule has 1 saturated heterocycles. The van der Waals surface area contributed by atoms with Crippen molar-refractivity contribution in [2.75, 3.05) is 19.6 Å². The Kier molecular flexibility index (Phi) is 7.01. The maximum absolute atomic E-state index is 13.1. The van der Waals surface area contributed by atoms with Crippen molar-refractivity contribution < 1.29 is 19.0 Å². The van der Waals surface area contributed by atoms with Crippen LogP contribution < -0.4 is 5.73 Å². The molecule has 2 heterocycles. The largest absolute Gasteiger partial charge is 0.507 e. The average molecular weight is 435 g/mol. The third-order valence-electron chi connectivity index (χ3n) is 6.27. The number of phenols is 1. The summed E-state index contributed by atoms with van der Waals surface area (Å²) in [4.78, 5) is 14.5. The van der Waals surface area contributed by atoms with Gasteiger partial charge in [0.25, 0.3) is 5.91 Å². The van der Waals surface area contributed by atoms with Gasteiger partial charge < -0.3 is 20.5 Å². The molecule has 2 aromatic carbocycles. The molecule has 2 aliphatic rings. The molecule has 0 aromatic heterocycles. The molecule has 0 bridgehead atoms. The first-order valence-corrected chi connectivity index (χ1v) is 10.2. The van der Waals surface area contributed by atoms with Crippen LogP contribution in [0.5, 0.6) is 5.75 Å². The second kappa shape index (κ2) is 9.33. The van der Waals surface area contributed by atoms with Gasteiger partial charge in [0, 0.05) is 37.2 Å². The van der Waals surface area contributed by atoms with Crippen LogP contribution in [0.15, 0.2) is 36.4 Å². The number of halogens is 2. The summed E-state index contributed by atoms with van der Waals surface area (Å²) < 4.78 is 19.4. The molecule has 2 atom stereocenters. The lowest BCUT2D eigenvalue weighted by Gasteiger charge is -2.40. The maximum atomic E-state index is 13.1. The molecule has 0 saturated carbocycles. The number of likely N-dealkylation sites (tertiary alicyclic amines) is 1. The number of rotatable bonds is 3. The highest BCUT2D eigenvalue weighted by Crippen LogP contribution is 2.40. The van der Waals surface area contributed by atoms with Gasteiger partial charge in [-0.05, 0) is 61.1 Å².